The van der Waals surface area contributed by atoms with Gasteiger partial charge in [-0.2, -0.15) is 0 Å². The highest BCUT2D eigenvalue weighted by molar-refractivity contribution is 6.00. The van der Waals surface area contributed by atoms with Gasteiger partial charge in [0.2, 0.25) is 0 Å². The molecule has 4 rings (SSSR count). The van der Waals surface area contributed by atoms with Gasteiger partial charge in [-0.05, 0) is 68.9 Å². The first-order chi connectivity index (χ1) is 16.0. The van der Waals surface area contributed by atoms with Crippen molar-refractivity contribution in [3.05, 3.63) is 11.6 Å². The van der Waals surface area contributed by atoms with E-state index < -0.39 is 69.7 Å². The van der Waals surface area contributed by atoms with Crippen molar-refractivity contribution in [2.45, 2.75) is 121 Å². The first kappa shape index (κ1) is 27.2. The normalized spacial score (nSPS) is 50.1. The Morgan fingerprint density at radius 2 is 1.54 bits per heavy atom. The molecule has 0 heterocycles. The minimum atomic E-state index is -1.97. The van der Waals surface area contributed by atoms with Gasteiger partial charge in [0.05, 0.1) is 35.6 Å². The Hall–Kier alpha value is -0.870. The molecule has 4 aliphatic carbocycles. The quantitative estimate of drug-likeness (QED) is 0.295. The molecule has 8 nitrogen and oxygen atoms in total. The summed E-state index contributed by atoms with van der Waals surface area (Å²) in [5, 5.41) is 78.4. The van der Waals surface area contributed by atoms with E-state index in [0.717, 1.165) is 6.42 Å². The predicted octanol–water partition coefficient (Wildman–Crippen LogP) is 0.825. The molecule has 0 aromatic rings. The summed E-state index contributed by atoms with van der Waals surface area (Å²) in [7, 11) is 0. The SMILES string of the molecule is CC(C)CC[C@H](O)[C@](C)(O)[C@H]1CC[C@@]2(O)C3=CC(=O)[C@]4(O)C[C@@H](O)[C@@H](O)C[C@]4(C)[C@H]3[C@H](O)C[C@]12C. The lowest BCUT2D eigenvalue weighted by atomic mass is 9.43. The fourth-order valence-corrected chi connectivity index (χ4v) is 8.42. The number of fused-ring (bicyclic) bond motifs is 5. The predicted molar refractivity (Wildman–Crippen MR) is 128 cm³/mol. The van der Waals surface area contributed by atoms with Crippen LogP contribution < -0.4 is 0 Å². The highest BCUT2D eigenvalue weighted by atomic mass is 16.3. The van der Waals surface area contributed by atoms with Crippen molar-refractivity contribution in [1.29, 1.82) is 0 Å². The topological polar surface area (TPSA) is 159 Å². The maximum Gasteiger partial charge on any atom is 0.187 e. The Balaban J connectivity index is 1.76. The van der Waals surface area contributed by atoms with E-state index in [1.165, 1.54) is 6.08 Å². The molecule has 35 heavy (non-hydrogen) atoms. The van der Waals surface area contributed by atoms with Crippen molar-refractivity contribution in [3.63, 3.8) is 0 Å². The van der Waals surface area contributed by atoms with E-state index in [1.807, 2.05) is 20.8 Å². The van der Waals surface area contributed by atoms with E-state index in [-0.39, 0.29) is 25.7 Å². The van der Waals surface area contributed by atoms with E-state index in [1.54, 1.807) is 13.8 Å². The molecule has 11 atom stereocenters. The first-order valence-corrected chi connectivity index (χ1v) is 13.1. The monoisotopic (exact) mass is 496 g/mol. The number of carbonyl (C=O) groups excluding carboxylic acids is 1. The van der Waals surface area contributed by atoms with Gasteiger partial charge in [-0.1, -0.05) is 27.7 Å². The smallest absolute Gasteiger partial charge is 0.187 e. The molecule has 0 spiro atoms. The van der Waals surface area contributed by atoms with Gasteiger partial charge in [0.1, 0.15) is 5.60 Å². The second-order valence-electron chi connectivity index (χ2n) is 13.1. The Morgan fingerprint density at radius 1 is 0.971 bits per heavy atom. The molecule has 200 valence electrons. The van der Waals surface area contributed by atoms with Gasteiger partial charge in [0.25, 0.3) is 0 Å². The van der Waals surface area contributed by atoms with Crippen LogP contribution in [-0.4, -0.2) is 82.7 Å². The fourth-order valence-electron chi connectivity index (χ4n) is 8.42. The second kappa shape index (κ2) is 8.32. The van der Waals surface area contributed by atoms with Crippen LogP contribution in [0.25, 0.3) is 0 Å². The number of rotatable bonds is 5. The molecule has 8 heteroatoms. The molecule has 0 amide bonds. The number of hydrogen-bond donors (Lipinski definition) is 7. The van der Waals surface area contributed by atoms with Crippen LogP contribution >= 0.6 is 0 Å². The van der Waals surface area contributed by atoms with Gasteiger partial charge < -0.3 is 35.7 Å². The molecule has 0 saturated heterocycles. The Morgan fingerprint density at radius 3 is 2.14 bits per heavy atom. The van der Waals surface area contributed by atoms with Gasteiger partial charge in [0, 0.05) is 23.2 Å². The molecular formula is C27H44O8. The van der Waals surface area contributed by atoms with Gasteiger partial charge in [-0.3, -0.25) is 4.79 Å². The summed E-state index contributed by atoms with van der Waals surface area (Å²) in [6.45, 7) is 9.14. The van der Waals surface area contributed by atoms with Crippen LogP contribution in [-0.2, 0) is 4.79 Å². The van der Waals surface area contributed by atoms with Crippen molar-refractivity contribution in [3.8, 4) is 0 Å². The highest BCUT2D eigenvalue weighted by Crippen LogP contribution is 2.69. The largest absolute Gasteiger partial charge is 0.392 e. The maximum absolute atomic E-state index is 13.3. The highest BCUT2D eigenvalue weighted by Gasteiger charge is 2.73. The van der Waals surface area contributed by atoms with Crippen LogP contribution in [0.15, 0.2) is 11.6 Å². The number of carbonyl (C=O) groups is 1. The minimum absolute atomic E-state index is 0.0989. The molecule has 0 radical (unpaired) electrons. The fraction of sp³-hybridized carbons (Fsp3) is 0.889. The number of aliphatic hydroxyl groups is 7. The third kappa shape index (κ3) is 3.55. The van der Waals surface area contributed by atoms with Crippen LogP contribution in [0.2, 0.25) is 0 Å². The van der Waals surface area contributed by atoms with E-state index in [4.69, 9.17) is 0 Å². The zero-order valence-corrected chi connectivity index (χ0v) is 21.6. The summed E-state index contributed by atoms with van der Waals surface area (Å²) in [5.74, 6) is -1.63. The minimum Gasteiger partial charge on any atom is -0.392 e. The number of hydrogen-bond acceptors (Lipinski definition) is 8. The van der Waals surface area contributed by atoms with Crippen LogP contribution in [0, 0.1) is 28.6 Å². The third-order valence-electron chi connectivity index (χ3n) is 10.6. The first-order valence-electron chi connectivity index (χ1n) is 13.1. The van der Waals surface area contributed by atoms with Crippen molar-refractivity contribution in [2.75, 3.05) is 0 Å². The van der Waals surface area contributed by atoms with Crippen LogP contribution in [0.5, 0.6) is 0 Å². The van der Waals surface area contributed by atoms with Crippen molar-refractivity contribution in [1.82, 2.24) is 0 Å². The van der Waals surface area contributed by atoms with E-state index in [9.17, 15) is 40.5 Å². The van der Waals surface area contributed by atoms with E-state index >= 15 is 0 Å². The number of ketones is 1. The average Bonchev–Trinajstić information content (AvgIpc) is 3.01. The molecule has 3 saturated carbocycles. The summed E-state index contributed by atoms with van der Waals surface area (Å²) < 4.78 is 0. The lowest BCUT2D eigenvalue weighted by Gasteiger charge is -2.64. The van der Waals surface area contributed by atoms with Gasteiger partial charge >= 0.3 is 0 Å². The Kier molecular flexibility index (Phi) is 6.46. The number of aliphatic hydroxyl groups excluding tert-OH is 4. The molecule has 0 unspecified atom stereocenters. The van der Waals surface area contributed by atoms with Crippen LogP contribution in [0.1, 0.15) is 79.6 Å². The van der Waals surface area contributed by atoms with Crippen molar-refractivity contribution < 1.29 is 40.5 Å². The molecule has 7 N–H and O–H groups in total. The van der Waals surface area contributed by atoms with Gasteiger partial charge in [0.15, 0.2) is 5.78 Å². The summed E-state index contributed by atoms with van der Waals surface area (Å²) in [4.78, 5) is 13.3. The molecule has 0 aromatic heterocycles. The van der Waals surface area contributed by atoms with Gasteiger partial charge in [-0.25, -0.2) is 0 Å². The Bertz CT molecular complexity index is 900. The summed E-state index contributed by atoms with van der Waals surface area (Å²) in [5.41, 5.74) is -7.02. The van der Waals surface area contributed by atoms with Crippen LogP contribution in [0.4, 0.5) is 0 Å². The average molecular weight is 497 g/mol. The maximum atomic E-state index is 13.3. The molecular weight excluding hydrogens is 452 g/mol. The zero-order chi connectivity index (χ0) is 26.4. The van der Waals surface area contributed by atoms with Gasteiger partial charge in [-0.15, -0.1) is 0 Å². The van der Waals surface area contributed by atoms with E-state index in [0.29, 0.717) is 24.3 Å². The molecule has 4 aliphatic rings. The molecule has 0 aromatic carbocycles. The Labute approximate surface area is 207 Å². The standard InChI is InChI=1S/C27H44O8/c1-14(2)6-7-20(31)25(5,33)19-8-9-26(34)15-10-21(32)27(35)13-17(29)16(28)11-24(27,4)22(15)18(30)12-23(19,26)3/h10,14,16-20,22,28-31,33-35H,6-9,11-13H2,1-5H3/t16-,17+,18+,19-,20-,22+,23+,24+,25+,26+,27+/m0/s1. The summed E-state index contributed by atoms with van der Waals surface area (Å²) >= 11 is 0. The second-order valence-corrected chi connectivity index (χ2v) is 13.1. The van der Waals surface area contributed by atoms with Crippen LogP contribution in [0.3, 0.4) is 0 Å². The molecule has 3 fully saturated rings. The van der Waals surface area contributed by atoms with E-state index in [2.05, 4.69) is 0 Å². The third-order valence-corrected chi connectivity index (χ3v) is 10.6. The van der Waals surface area contributed by atoms with Crippen molar-refractivity contribution >= 4 is 5.78 Å². The molecule has 0 aliphatic heterocycles. The lowest BCUT2D eigenvalue weighted by Crippen LogP contribution is -2.71. The lowest BCUT2D eigenvalue weighted by molar-refractivity contribution is -0.228. The zero-order valence-electron chi connectivity index (χ0n) is 21.6. The summed E-state index contributed by atoms with van der Waals surface area (Å²) in [6.07, 6.45) is -1.83. The van der Waals surface area contributed by atoms with Crippen molar-refractivity contribution in [2.24, 2.45) is 28.6 Å². The molecule has 0 bridgehead atoms. The summed E-state index contributed by atoms with van der Waals surface area (Å²) in [6, 6.07) is 0.